The van der Waals surface area contributed by atoms with Crippen molar-refractivity contribution >= 4 is 5.97 Å². The minimum atomic E-state index is -1.42. The van der Waals surface area contributed by atoms with E-state index in [1.807, 2.05) is 0 Å². The molecule has 1 unspecified atom stereocenters. The van der Waals surface area contributed by atoms with Crippen LogP contribution in [0.5, 0.6) is 0 Å². The topological polar surface area (TPSA) is 49.3 Å². The Labute approximate surface area is 52.9 Å². The first kappa shape index (κ1) is 8.36. The van der Waals surface area contributed by atoms with Crippen molar-refractivity contribution in [3.63, 3.8) is 0 Å². The fourth-order valence-electron chi connectivity index (χ4n) is 0.231. The molecular weight excluding hydrogens is 124 g/mol. The van der Waals surface area contributed by atoms with Crippen LogP contribution >= 0.6 is 0 Å². The van der Waals surface area contributed by atoms with E-state index in [0.717, 1.165) is 0 Å². The van der Waals surface area contributed by atoms with Crippen LogP contribution in [-0.4, -0.2) is 30.3 Å². The molecule has 9 heavy (non-hydrogen) atoms. The van der Waals surface area contributed by atoms with Gasteiger partial charge in [0.05, 0.1) is 0 Å². The molecular formula is C5H10FNO2. The second-order valence-electron chi connectivity index (χ2n) is 2.02. The van der Waals surface area contributed by atoms with Gasteiger partial charge in [-0.1, -0.05) is 0 Å². The number of carboxylic acid groups (broad SMARTS) is 1. The fourth-order valence-corrected chi connectivity index (χ4v) is 0.231. The van der Waals surface area contributed by atoms with Crippen molar-refractivity contribution < 1.29 is 14.3 Å². The van der Waals surface area contributed by atoms with Gasteiger partial charge in [-0.25, -0.2) is 4.39 Å². The van der Waals surface area contributed by atoms with Crippen LogP contribution in [0.3, 0.4) is 0 Å². The molecule has 0 bridgehead atoms. The van der Waals surface area contributed by atoms with E-state index in [1.165, 1.54) is 14.0 Å². The Hall–Kier alpha value is -0.640. The number of hydrogen-bond donors (Lipinski definition) is 2. The summed E-state index contributed by atoms with van der Waals surface area (Å²) < 4.78 is 11.8. The molecule has 0 radical (unpaired) electrons. The highest BCUT2D eigenvalue weighted by atomic mass is 18.2. The molecule has 0 saturated heterocycles. The first-order chi connectivity index (χ1) is 4.06. The minimum absolute atomic E-state index is 0.904. The summed E-state index contributed by atoms with van der Waals surface area (Å²) in [6, 6.07) is 0. The van der Waals surface area contributed by atoms with Gasteiger partial charge < -0.3 is 10.4 Å². The summed E-state index contributed by atoms with van der Waals surface area (Å²) in [6.45, 7) is 0.383. The summed E-state index contributed by atoms with van der Waals surface area (Å²) in [6.07, 6.45) is 0. The summed E-state index contributed by atoms with van der Waals surface area (Å²) in [4.78, 5) is 10.2. The third kappa shape index (κ3) is 1.64. The second-order valence-corrected chi connectivity index (χ2v) is 2.02. The molecule has 0 aliphatic heterocycles. The predicted molar refractivity (Wildman–Crippen MR) is 31.1 cm³/mol. The molecule has 54 valence electrons. The van der Waals surface area contributed by atoms with Crippen molar-refractivity contribution in [1.82, 2.24) is 5.32 Å². The third-order valence-corrected chi connectivity index (χ3v) is 1.29. The SMILES string of the molecule is CNC(C)(C[18F])C(=O)O. The lowest BCUT2D eigenvalue weighted by Crippen LogP contribution is -2.49. The molecule has 0 rings (SSSR count). The van der Waals surface area contributed by atoms with Gasteiger partial charge in [0.25, 0.3) is 0 Å². The van der Waals surface area contributed by atoms with Gasteiger partial charge in [-0.3, -0.25) is 4.79 Å². The first-order valence-corrected chi connectivity index (χ1v) is 2.55. The molecule has 0 heterocycles. The lowest BCUT2D eigenvalue weighted by Gasteiger charge is -2.18. The molecule has 2 N–H and O–H groups in total. The fraction of sp³-hybridized carbons (Fsp3) is 0.800. The molecule has 0 aliphatic rings. The summed E-state index contributed by atoms with van der Waals surface area (Å²) >= 11 is 0. The molecule has 3 nitrogen and oxygen atoms in total. The van der Waals surface area contributed by atoms with Crippen LogP contribution in [0.4, 0.5) is 4.39 Å². The zero-order chi connectivity index (χ0) is 7.49. The van der Waals surface area contributed by atoms with Crippen LogP contribution in [-0.2, 0) is 4.79 Å². The van der Waals surface area contributed by atoms with Gasteiger partial charge in [0.2, 0.25) is 0 Å². The van der Waals surface area contributed by atoms with E-state index in [0.29, 0.717) is 0 Å². The minimum Gasteiger partial charge on any atom is -0.480 e. The normalized spacial score (nSPS) is 16.8. The van der Waals surface area contributed by atoms with Gasteiger partial charge in [0.1, 0.15) is 12.2 Å². The summed E-state index contributed by atoms with van der Waals surface area (Å²) in [5, 5.41) is 10.7. The maximum Gasteiger partial charge on any atom is 0.326 e. The van der Waals surface area contributed by atoms with Crippen LogP contribution < -0.4 is 5.32 Å². The van der Waals surface area contributed by atoms with Gasteiger partial charge in [0, 0.05) is 0 Å². The van der Waals surface area contributed by atoms with E-state index in [-0.39, 0.29) is 0 Å². The number of carbonyl (C=O) groups is 1. The Morgan fingerprint density at radius 1 is 1.89 bits per heavy atom. The summed E-state index contributed by atoms with van der Waals surface area (Å²) in [7, 11) is 1.41. The average molecular weight is 134 g/mol. The Bertz CT molecular complexity index is 112. The molecule has 0 aromatic rings. The van der Waals surface area contributed by atoms with Crippen LogP contribution in [0.15, 0.2) is 0 Å². The highest BCUT2D eigenvalue weighted by Gasteiger charge is 2.30. The molecule has 0 aliphatic carbocycles. The Balaban J connectivity index is 4.09. The molecule has 1 atom stereocenters. The van der Waals surface area contributed by atoms with Crippen molar-refractivity contribution in [1.29, 1.82) is 0 Å². The molecule has 0 saturated carbocycles. The van der Waals surface area contributed by atoms with E-state index in [1.54, 1.807) is 0 Å². The number of alkyl halides is 1. The summed E-state index contributed by atoms with van der Waals surface area (Å²) in [5.41, 5.74) is -1.42. The maximum atomic E-state index is 11.8. The van der Waals surface area contributed by atoms with Crippen molar-refractivity contribution in [3.05, 3.63) is 0 Å². The number of hydrogen-bond acceptors (Lipinski definition) is 2. The van der Waals surface area contributed by atoms with E-state index in [9.17, 15) is 9.18 Å². The second kappa shape index (κ2) is 2.77. The quantitative estimate of drug-likeness (QED) is 0.572. The van der Waals surface area contributed by atoms with Crippen molar-refractivity contribution in [2.75, 3.05) is 13.7 Å². The van der Waals surface area contributed by atoms with Gasteiger partial charge in [-0.05, 0) is 14.0 Å². The van der Waals surface area contributed by atoms with E-state index in [4.69, 9.17) is 5.11 Å². The number of halogens is 1. The third-order valence-electron chi connectivity index (χ3n) is 1.29. The van der Waals surface area contributed by atoms with Gasteiger partial charge >= 0.3 is 5.97 Å². The molecule has 0 spiro atoms. The highest BCUT2D eigenvalue weighted by molar-refractivity contribution is 5.78. The Kier molecular flexibility index (Phi) is 2.58. The highest BCUT2D eigenvalue weighted by Crippen LogP contribution is 2.02. The van der Waals surface area contributed by atoms with Gasteiger partial charge in [-0.2, -0.15) is 0 Å². The number of nitrogens with one attached hydrogen (secondary N) is 1. The van der Waals surface area contributed by atoms with Crippen LogP contribution in [0.1, 0.15) is 6.92 Å². The lowest BCUT2D eigenvalue weighted by molar-refractivity contribution is -0.144. The average Bonchev–Trinajstić information content (AvgIpc) is 1.86. The van der Waals surface area contributed by atoms with Crippen molar-refractivity contribution in [2.24, 2.45) is 0 Å². The van der Waals surface area contributed by atoms with E-state index in [2.05, 4.69) is 5.32 Å². The molecule has 0 amide bonds. The molecule has 0 fully saturated rings. The number of rotatable bonds is 3. The Morgan fingerprint density at radius 2 is 2.33 bits per heavy atom. The van der Waals surface area contributed by atoms with Gasteiger partial charge in [-0.15, -0.1) is 0 Å². The molecule has 4 heteroatoms. The van der Waals surface area contributed by atoms with E-state index >= 15 is 0 Å². The van der Waals surface area contributed by atoms with E-state index < -0.39 is 18.2 Å². The lowest BCUT2D eigenvalue weighted by atomic mass is 10.1. The predicted octanol–water partition coefficient (Wildman–Crippen LogP) is 0.0186. The largest absolute Gasteiger partial charge is 0.480 e. The Morgan fingerprint density at radius 3 is 2.33 bits per heavy atom. The summed E-state index contributed by atoms with van der Waals surface area (Å²) in [5.74, 6) is -1.17. The number of aliphatic carboxylic acids is 1. The maximum absolute atomic E-state index is 11.8. The number of carboxylic acids is 1. The zero-order valence-corrected chi connectivity index (χ0v) is 5.44. The first-order valence-electron chi connectivity index (χ1n) is 2.55. The van der Waals surface area contributed by atoms with Crippen molar-refractivity contribution in [3.8, 4) is 0 Å². The smallest absolute Gasteiger partial charge is 0.326 e. The molecule has 0 aromatic heterocycles. The zero-order valence-electron chi connectivity index (χ0n) is 5.44. The van der Waals surface area contributed by atoms with Gasteiger partial charge in [0.15, 0.2) is 0 Å². The molecule has 0 aromatic carbocycles. The standard InChI is InChI=1S/C5H10FNO2/c1-5(3-6,7-2)4(8)9/h7H,3H2,1-2H3,(H,8,9)/i6-1. The van der Waals surface area contributed by atoms with Crippen LogP contribution in [0.25, 0.3) is 0 Å². The van der Waals surface area contributed by atoms with Crippen LogP contribution in [0.2, 0.25) is 0 Å². The van der Waals surface area contributed by atoms with Crippen LogP contribution in [0, 0.1) is 0 Å². The van der Waals surface area contributed by atoms with Crippen molar-refractivity contribution in [2.45, 2.75) is 12.5 Å². The number of likely N-dealkylation sites (N-methyl/N-ethyl adjacent to an activating group) is 1. The monoisotopic (exact) mass is 134 g/mol.